The first-order chi connectivity index (χ1) is 13.8. The Morgan fingerprint density at radius 1 is 1.21 bits per heavy atom. The maximum absolute atomic E-state index is 12.9. The van der Waals surface area contributed by atoms with Gasteiger partial charge in [0.05, 0.1) is 36.8 Å². The van der Waals surface area contributed by atoms with E-state index in [1.54, 1.807) is 6.92 Å². The molecule has 1 fully saturated rings. The fourth-order valence-corrected chi connectivity index (χ4v) is 4.66. The van der Waals surface area contributed by atoms with Crippen LogP contribution in [0.25, 0.3) is 0 Å². The molecular formula is C20H26N2O6S. The zero-order chi connectivity index (χ0) is 21.0. The normalized spacial score (nSPS) is 16.5. The number of esters is 1. The zero-order valence-corrected chi connectivity index (χ0v) is 17.6. The van der Waals surface area contributed by atoms with E-state index in [9.17, 15) is 13.2 Å². The Morgan fingerprint density at radius 3 is 2.52 bits per heavy atom. The maximum Gasteiger partial charge on any atom is 0.337 e. The minimum atomic E-state index is -3.78. The van der Waals surface area contributed by atoms with Crippen molar-refractivity contribution in [2.75, 3.05) is 40.0 Å². The van der Waals surface area contributed by atoms with E-state index in [0.29, 0.717) is 43.2 Å². The van der Waals surface area contributed by atoms with Gasteiger partial charge in [0.1, 0.15) is 11.5 Å². The molecule has 1 N–H and O–H groups in total. The number of aryl methyl sites for hydroxylation is 2. The van der Waals surface area contributed by atoms with Crippen LogP contribution in [-0.2, 0) is 19.5 Å². The Hall–Kier alpha value is -2.20. The summed E-state index contributed by atoms with van der Waals surface area (Å²) >= 11 is 0. The molecule has 0 bridgehead atoms. The minimum Gasteiger partial charge on any atom is -0.465 e. The molecular weight excluding hydrogens is 396 g/mol. The third-order valence-electron chi connectivity index (χ3n) is 4.93. The average molecular weight is 423 g/mol. The highest BCUT2D eigenvalue weighted by Crippen LogP contribution is 2.25. The van der Waals surface area contributed by atoms with Crippen molar-refractivity contribution in [2.45, 2.75) is 24.8 Å². The molecule has 29 heavy (non-hydrogen) atoms. The lowest BCUT2D eigenvalue weighted by Crippen LogP contribution is -2.43. The molecule has 0 spiro atoms. The highest BCUT2D eigenvalue weighted by atomic mass is 32.2. The van der Waals surface area contributed by atoms with Crippen molar-refractivity contribution >= 4 is 16.0 Å². The smallest absolute Gasteiger partial charge is 0.337 e. The summed E-state index contributed by atoms with van der Waals surface area (Å²) in [6.07, 6.45) is 0. The number of nitrogens with zero attached hydrogens (tertiary/aromatic N) is 1. The van der Waals surface area contributed by atoms with Crippen molar-refractivity contribution in [1.29, 1.82) is 0 Å². The molecule has 3 rings (SSSR count). The molecule has 1 aliphatic rings. The number of furan rings is 1. The van der Waals surface area contributed by atoms with Gasteiger partial charge in [-0.2, -0.15) is 0 Å². The first kappa shape index (κ1) is 21.5. The van der Waals surface area contributed by atoms with Gasteiger partial charge in [-0.25, -0.2) is 17.9 Å². The van der Waals surface area contributed by atoms with Crippen LogP contribution in [0.4, 0.5) is 0 Å². The van der Waals surface area contributed by atoms with Crippen molar-refractivity contribution < 1.29 is 27.1 Å². The van der Waals surface area contributed by atoms with Crippen molar-refractivity contribution in [3.05, 3.63) is 53.0 Å². The number of ether oxygens (including phenoxy) is 2. The molecule has 0 radical (unpaired) electrons. The highest BCUT2D eigenvalue weighted by molar-refractivity contribution is 7.89. The van der Waals surface area contributed by atoms with Gasteiger partial charge >= 0.3 is 5.97 Å². The summed E-state index contributed by atoms with van der Waals surface area (Å²) in [5.74, 6) is 0.978. The summed E-state index contributed by atoms with van der Waals surface area (Å²) in [6.45, 7) is 6.24. The molecule has 1 saturated heterocycles. The summed E-state index contributed by atoms with van der Waals surface area (Å²) in [7, 11) is -2.49. The Morgan fingerprint density at radius 2 is 1.93 bits per heavy atom. The SMILES string of the molecule is COC(=O)c1ccc(S(=O)(=O)NCC(c2ccc(C)o2)N2CCOCC2)c(C)c1. The minimum absolute atomic E-state index is 0.126. The van der Waals surface area contributed by atoms with Crippen LogP contribution in [0.1, 0.15) is 33.5 Å². The molecule has 158 valence electrons. The van der Waals surface area contributed by atoms with Gasteiger partial charge in [0.15, 0.2) is 0 Å². The third-order valence-corrected chi connectivity index (χ3v) is 6.51. The van der Waals surface area contributed by atoms with Crippen LogP contribution >= 0.6 is 0 Å². The van der Waals surface area contributed by atoms with Crippen molar-refractivity contribution in [3.63, 3.8) is 0 Å². The fraction of sp³-hybridized carbons (Fsp3) is 0.450. The number of rotatable bonds is 7. The van der Waals surface area contributed by atoms with Gasteiger partial charge in [0, 0.05) is 19.6 Å². The highest BCUT2D eigenvalue weighted by Gasteiger charge is 2.28. The van der Waals surface area contributed by atoms with E-state index < -0.39 is 16.0 Å². The molecule has 1 aliphatic heterocycles. The van der Waals surface area contributed by atoms with Gasteiger partial charge in [-0.15, -0.1) is 0 Å². The average Bonchev–Trinajstić information content (AvgIpc) is 3.14. The quantitative estimate of drug-likeness (QED) is 0.682. The monoisotopic (exact) mass is 422 g/mol. The molecule has 2 aromatic rings. The number of nitrogens with one attached hydrogen (secondary N) is 1. The van der Waals surface area contributed by atoms with Crippen molar-refractivity contribution in [3.8, 4) is 0 Å². The number of carbonyl (C=O) groups excluding carboxylic acids is 1. The molecule has 1 atom stereocenters. The van der Waals surface area contributed by atoms with Crippen molar-refractivity contribution in [2.24, 2.45) is 0 Å². The van der Waals surface area contributed by atoms with Crippen LogP contribution in [0, 0.1) is 13.8 Å². The Labute approximate surface area is 170 Å². The number of morpholine rings is 1. The lowest BCUT2D eigenvalue weighted by atomic mass is 10.1. The molecule has 8 nitrogen and oxygen atoms in total. The summed E-state index contributed by atoms with van der Waals surface area (Å²) in [4.78, 5) is 13.9. The van der Waals surface area contributed by atoms with Gasteiger partial charge in [-0.05, 0) is 49.7 Å². The van der Waals surface area contributed by atoms with Crippen LogP contribution in [0.2, 0.25) is 0 Å². The largest absolute Gasteiger partial charge is 0.465 e. The second kappa shape index (κ2) is 9.08. The van der Waals surface area contributed by atoms with Gasteiger partial charge in [0.25, 0.3) is 0 Å². The standard InChI is InChI=1S/C20H26N2O6S/c1-14-12-16(20(23)26-3)5-7-19(14)29(24,25)21-13-17(18-6-4-15(2)28-18)22-8-10-27-11-9-22/h4-7,12,17,21H,8-11,13H2,1-3H3. The summed E-state index contributed by atoms with van der Waals surface area (Å²) in [5, 5.41) is 0. The molecule has 0 saturated carbocycles. The lowest BCUT2D eigenvalue weighted by Gasteiger charge is -2.33. The predicted molar refractivity (Wildman–Crippen MR) is 106 cm³/mol. The van der Waals surface area contributed by atoms with E-state index in [4.69, 9.17) is 9.15 Å². The van der Waals surface area contributed by atoms with Crippen molar-refractivity contribution in [1.82, 2.24) is 9.62 Å². The van der Waals surface area contributed by atoms with Crippen LogP contribution < -0.4 is 4.72 Å². The first-order valence-electron chi connectivity index (χ1n) is 9.38. The van der Waals surface area contributed by atoms with Crippen LogP contribution in [0.15, 0.2) is 39.6 Å². The van der Waals surface area contributed by atoms with Gasteiger partial charge in [0.2, 0.25) is 10.0 Å². The van der Waals surface area contributed by atoms with Gasteiger partial charge in [-0.1, -0.05) is 0 Å². The second-order valence-corrected chi connectivity index (χ2v) is 8.67. The van der Waals surface area contributed by atoms with E-state index in [2.05, 4.69) is 14.4 Å². The Bertz CT molecular complexity index is 963. The Balaban J connectivity index is 1.80. The topological polar surface area (TPSA) is 98.1 Å². The molecule has 2 heterocycles. The summed E-state index contributed by atoms with van der Waals surface area (Å²) < 4.78 is 44.4. The molecule has 1 aromatic heterocycles. The number of benzene rings is 1. The number of carbonyl (C=O) groups is 1. The van der Waals surface area contributed by atoms with Crippen LogP contribution in [-0.4, -0.2) is 59.2 Å². The van der Waals surface area contributed by atoms with Crippen LogP contribution in [0.5, 0.6) is 0 Å². The molecule has 1 unspecified atom stereocenters. The van der Waals surface area contributed by atoms with E-state index in [0.717, 1.165) is 5.76 Å². The predicted octanol–water partition coefficient (Wildman–Crippen LogP) is 2.03. The number of hydrogen-bond donors (Lipinski definition) is 1. The lowest BCUT2D eigenvalue weighted by molar-refractivity contribution is 0.0127. The van der Waals surface area contributed by atoms with Gasteiger partial charge < -0.3 is 13.9 Å². The molecule has 0 aliphatic carbocycles. The fourth-order valence-electron chi connectivity index (χ4n) is 3.39. The molecule has 9 heteroatoms. The molecule has 1 aromatic carbocycles. The third kappa shape index (κ3) is 5.05. The van der Waals surface area contributed by atoms with E-state index in [1.165, 1.54) is 25.3 Å². The zero-order valence-electron chi connectivity index (χ0n) is 16.8. The van der Waals surface area contributed by atoms with Gasteiger partial charge in [-0.3, -0.25) is 4.90 Å². The van der Waals surface area contributed by atoms with E-state index in [-0.39, 0.29) is 17.5 Å². The number of methoxy groups -OCH3 is 1. The first-order valence-corrected chi connectivity index (χ1v) is 10.9. The number of hydrogen-bond acceptors (Lipinski definition) is 7. The Kier molecular flexibility index (Phi) is 6.74. The maximum atomic E-state index is 12.9. The number of sulfonamides is 1. The summed E-state index contributed by atoms with van der Waals surface area (Å²) in [5.41, 5.74) is 0.776. The van der Waals surface area contributed by atoms with E-state index in [1.807, 2.05) is 19.1 Å². The second-order valence-electron chi connectivity index (χ2n) is 6.94. The van der Waals surface area contributed by atoms with Crippen LogP contribution in [0.3, 0.4) is 0 Å². The summed E-state index contributed by atoms with van der Waals surface area (Å²) in [6, 6.07) is 7.88. The van der Waals surface area contributed by atoms with E-state index >= 15 is 0 Å². The molecule has 0 amide bonds.